The Balaban J connectivity index is 2.71. The molecule has 3 N–H and O–H groups in total. The van der Waals surface area contributed by atoms with Gasteiger partial charge in [-0.3, -0.25) is 15.1 Å². The molecule has 0 aromatic carbocycles. The number of nitrogens with two attached hydrogens (primary N) is 1. The summed E-state index contributed by atoms with van der Waals surface area (Å²) < 4.78 is 0. The highest BCUT2D eigenvalue weighted by atomic mass is 16.6. The summed E-state index contributed by atoms with van der Waals surface area (Å²) in [6.07, 6.45) is 5.23. The Morgan fingerprint density at radius 1 is 1.73 bits per heavy atom. The summed E-state index contributed by atoms with van der Waals surface area (Å²) in [5.74, 6) is 0. The van der Waals surface area contributed by atoms with Gasteiger partial charge in [0, 0.05) is 18.0 Å². The van der Waals surface area contributed by atoms with E-state index in [0.29, 0.717) is 0 Å². The van der Waals surface area contributed by atoms with E-state index >= 15 is 0 Å². The Morgan fingerprint density at radius 3 is 3.00 bits per heavy atom. The van der Waals surface area contributed by atoms with Crippen LogP contribution in [0.15, 0.2) is 36.9 Å². The first kappa shape index (κ1) is 11.1. The van der Waals surface area contributed by atoms with Crippen molar-refractivity contribution in [3.63, 3.8) is 0 Å². The molecular weight excluding hydrogens is 196 g/mol. The molecule has 1 heterocycles. The van der Waals surface area contributed by atoms with Crippen LogP contribution >= 0.6 is 0 Å². The zero-order chi connectivity index (χ0) is 11.3. The Morgan fingerprint density at radius 2 is 2.47 bits per heavy atom. The summed E-state index contributed by atoms with van der Waals surface area (Å²) in [7, 11) is 0. The molecule has 6 heteroatoms. The van der Waals surface area contributed by atoms with Crippen molar-refractivity contribution in [3.05, 3.63) is 52.6 Å². The van der Waals surface area contributed by atoms with Crippen molar-refractivity contribution in [2.75, 3.05) is 0 Å². The number of aromatic nitrogens is 1. The van der Waals surface area contributed by atoms with Gasteiger partial charge in [-0.1, -0.05) is 6.07 Å². The Bertz CT molecular complexity index is 362. The smallest absolute Gasteiger partial charge is 0.250 e. The van der Waals surface area contributed by atoms with Gasteiger partial charge in [0.1, 0.15) is 5.66 Å². The minimum Gasteiger partial charge on any atom is -0.365 e. The van der Waals surface area contributed by atoms with Crippen molar-refractivity contribution in [2.45, 2.75) is 12.6 Å². The maximum absolute atomic E-state index is 10.0. The molecule has 0 fully saturated rings. The van der Waals surface area contributed by atoms with Gasteiger partial charge in [0.2, 0.25) is 6.20 Å². The first-order valence-corrected chi connectivity index (χ1v) is 4.29. The number of pyridine rings is 1. The van der Waals surface area contributed by atoms with Crippen LogP contribution in [0.4, 0.5) is 0 Å². The second-order valence-electron chi connectivity index (χ2n) is 3.19. The zero-order valence-electron chi connectivity index (χ0n) is 8.25. The molecular formula is C9H12N4O2. The van der Waals surface area contributed by atoms with Gasteiger partial charge in [0.05, 0.1) is 11.1 Å². The topological polar surface area (TPSA) is 94.1 Å². The molecule has 1 unspecified atom stereocenters. The van der Waals surface area contributed by atoms with E-state index in [1.807, 2.05) is 0 Å². The van der Waals surface area contributed by atoms with E-state index in [1.165, 1.54) is 6.20 Å². The summed E-state index contributed by atoms with van der Waals surface area (Å²) >= 11 is 0. The van der Waals surface area contributed by atoms with Gasteiger partial charge in [-0.25, -0.2) is 0 Å². The summed E-state index contributed by atoms with van der Waals surface area (Å²) in [6.45, 7) is 1.70. The lowest BCUT2D eigenvalue weighted by atomic mass is 10.1. The van der Waals surface area contributed by atoms with Crippen LogP contribution in [0.1, 0.15) is 12.5 Å². The predicted molar refractivity (Wildman–Crippen MR) is 55.0 cm³/mol. The van der Waals surface area contributed by atoms with E-state index in [2.05, 4.69) is 10.3 Å². The van der Waals surface area contributed by atoms with Crippen LogP contribution in [0.5, 0.6) is 0 Å². The lowest BCUT2D eigenvalue weighted by Crippen LogP contribution is -2.45. The molecule has 0 aliphatic heterocycles. The van der Waals surface area contributed by atoms with E-state index in [1.54, 1.807) is 31.5 Å². The Labute approximate surface area is 87.0 Å². The molecule has 1 rings (SSSR count). The fourth-order valence-electron chi connectivity index (χ4n) is 1.02. The second-order valence-corrected chi connectivity index (χ2v) is 3.19. The van der Waals surface area contributed by atoms with Crippen molar-refractivity contribution >= 4 is 0 Å². The fraction of sp³-hybridized carbons (Fsp3) is 0.222. The van der Waals surface area contributed by atoms with Gasteiger partial charge in [0.15, 0.2) is 0 Å². The van der Waals surface area contributed by atoms with Gasteiger partial charge in [-0.15, -0.1) is 0 Å². The number of nitro groups is 1. The molecule has 15 heavy (non-hydrogen) atoms. The van der Waals surface area contributed by atoms with Crippen molar-refractivity contribution in [1.29, 1.82) is 0 Å². The average molecular weight is 208 g/mol. The van der Waals surface area contributed by atoms with Crippen LogP contribution < -0.4 is 11.1 Å². The normalized spacial score (nSPS) is 14.8. The molecule has 80 valence electrons. The largest absolute Gasteiger partial charge is 0.365 e. The molecule has 0 saturated carbocycles. The maximum atomic E-state index is 10.0. The number of nitrogens with zero attached hydrogens (tertiary/aromatic N) is 2. The third kappa shape index (κ3) is 3.35. The maximum Gasteiger partial charge on any atom is 0.250 e. The first-order valence-electron chi connectivity index (χ1n) is 4.29. The molecule has 6 nitrogen and oxygen atoms in total. The van der Waals surface area contributed by atoms with Crippen LogP contribution in [0, 0.1) is 10.1 Å². The van der Waals surface area contributed by atoms with Gasteiger partial charge in [-0.05, 0) is 13.0 Å². The average Bonchev–Trinajstić information content (AvgIpc) is 2.18. The second kappa shape index (κ2) is 4.52. The fourth-order valence-corrected chi connectivity index (χ4v) is 1.02. The summed E-state index contributed by atoms with van der Waals surface area (Å²) in [6, 6.07) is 3.54. The highest BCUT2D eigenvalue weighted by Gasteiger charge is 2.18. The van der Waals surface area contributed by atoms with Crippen molar-refractivity contribution in [1.82, 2.24) is 10.3 Å². The SMILES string of the molecule is CC(N)(N/C=C/[N+](=O)[O-])c1cccnc1. The molecule has 0 aliphatic carbocycles. The molecule has 0 bridgehead atoms. The van der Waals surface area contributed by atoms with Crippen molar-refractivity contribution in [3.8, 4) is 0 Å². The summed E-state index contributed by atoms with van der Waals surface area (Å²) in [5.41, 5.74) is 5.77. The van der Waals surface area contributed by atoms with Gasteiger partial charge >= 0.3 is 0 Å². The van der Waals surface area contributed by atoms with Crippen LogP contribution in [0.3, 0.4) is 0 Å². The van der Waals surface area contributed by atoms with Crippen molar-refractivity contribution in [2.24, 2.45) is 5.73 Å². The molecule has 0 radical (unpaired) electrons. The molecule has 1 aromatic heterocycles. The van der Waals surface area contributed by atoms with Gasteiger partial charge in [0.25, 0.3) is 0 Å². The van der Waals surface area contributed by atoms with Crippen molar-refractivity contribution < 1.29 is 4.92 Å². The third-order valence-electron chi connectivity index (χ3n) is 1.84. The molecule has 0 amide bonds. The quantitative estimate of drug-likeness (QED) is 0.428. The van der Waals surface area contributed by atoms with Gasteiger partial charge in [-0.2, -0.15) is 0 Å². The third-order valence-corrected chi connectivity index (χ3v) is 1.84. The van der Waals surface area contributed by atoms with Crippen LogP contribution in [-0.4, -0.2) is 9.91 Å². The monoisotopic (exact) mass is 208 g/mol. The molecule has 1 atom stereocenters. The Kier molecular flexibility index (Phi) is 3.35. The number of nitrogens with one attached hydrogen (secondary N) is 1. The zero-order valence-corrected chi connectivity index (χ0v) is 8.25. The highest BCUT2D eigenvalue weighted by Crippen LogP contribution is 2.12. The minimum atomic E-state index is -0.874. The van der Waals surface area contributed by atoms with Crippen LogP contribution in [-0.2, 0) is 5.66 Å². The van der Waals surface area contributed by atoms with Crippen LogP contribution in [0.25, 0.3) is 0 Å². The molecule has 0 aliphatic rings. The Hall–Kier alpha value is -1.95. The standard InChI is InChI=1S/C9H12N4O2/c1-9(10,12-5-6-13(14)15)8-3-2-4-11-7-8/h2-7,12H,10H2,1H3/b6-5+. The molecule has 1 aromatic rings. The molecule has 0 saturated heterocycles. The van der Waals surface area contributed by atoms with E-state index in [0.717, 1.165) is 11.8 Å². The number of hydrogen-bond acceptors (Lipinski definition) is 5. The number of rotatable bonds is 4. The molecule has 0 spiro atoms. The summed E-state index contributed by atoms with van der Waals surface area (Å²) in [4.78, 5) is 13.4. The van der Waals surface area contributed by atoms with E-state index < -0.39 is 10.6 Å². The predicted octanol–water partition coefficient (Wildman–Crippen LogP) is 0.550. The van der Waals surface area contributed by atoms with E-state index in [9.17, 15) is 10.1 Å². The van der Waals surface area contributed by atoms with Crippen LogP contribution in [0.2, 0.25) is 0 Å². The minimum absolute atomic E-state index is 0.563. The first-order chi connectivity index (χ1) is 7.02. The summed E-state index contributed by atoms with van der Waals surface area (Å²) in [5, 5.41) is 12.8. The highest BCUT2D eigenvalue weighted by molar-refractivity contribution is 5.18. The lowest BCUT2D eigenvalue weighted by molar-refractivity contribution is -0.402. The van der Waals surface area contributed by atoms with Gasteiger partial charge < -0.3 is 11.1 Å². The lowest BCUT2D eigenvalue weighted by Gasteiger charge is -2.24. The van der Waals surface area contributed by atoms with E-state index in [-0.39, 0.29) is 0 Å². The number of hydrogen-bond donors (Lipinski definition) is 2. The van der Waals surface area contributed by atoms with E-state index in [4.69, 9.17) is 5.73 Å².